The monoisotopic (exact) mass is 498 g/mol. The van der Waals surface area contributed by atoms with Crippen molar-refractivity contribution in [1.82, 2.24) is 0 Å². The second-order valence-corrected chi connectivity index (χ2v) is 17.5. The average molecular weight is 499 g/mol. The van der Waals surface area contributed by atoms with Gasteiger partial charge in [0.1, 0.15) is 0 Å². The van der Waals surface area contributed by atoms with E-state index in [0.29, 0.717) is 11.1 Å². The summed E-state index contributed by atoms with van der Waals surface area (Å²) in [5.74, 6) is -0.401. The van der Waals surface area contributed by atoms with E-state index in [9.17, 15) is 9.59 Å². The summed E-state index contributed by atoms with van der Waals surface area (Å²) in [7, 11) is -4.69. The third kappa shape index (κ3) is 8.24. The highest BCUT2D eigenvalue weighted by Gasteiger charge is 2.44. The van der Waals surface area contributed by atoms with Gasteiger partial charge in [-0.15, -0.1) is 0 Å². The molecule has 0 aliphatic rings. The molecule has 0 saturated carbocycles. The topological polar surface area (TPSA) is 52.6 Å². The van der Waals surface area contributed by atoms with Gasteiger partial charge in [0.15, 0.2) is 0 Å². The molecule has 4 nitrogen and oxygen atoms in total. The van der Waals surface area contributed by atoms with Gasteiger partial charge >= 0.3 is 11.9 Å². The van der Waals surface area contributed by atoms with E-state index in [2.05, 4.69) is 27.7 Å². The average Bonchev–Trinajstić information content (AvgIpc) is 2.84. The minimum absolute atomic E-state index is 0.200. The number of benzene rings is 2. The zero-order valence-electron chi connectivity index (χ0n) is 21.5. The van der Waals surface area contributed by atoms with Crippen molar-refractivity contribution in [3.63, 3.8) is 0 Å². The molecule has 2 aromatic carbocycles. The van der Waals surface area contributed by atoms with Gasteiger partial charge in [0.2, 0.25) is 0 Å². The van der Waals surface area contributed by atoms with Gasteiger partial charge in [-0.1, -0.05) is 89.8 Å². The Kier molecular flexibility index (Phi) is 11.8. The second kappa shape index (κ2) is 14.3. The molecule has 0 aliphatic heterocycles. The molecule has 186 valence electrons. The summed E-state index contributed by atoms with van der Waals surface area (Å²) in [6, 6.07) is 24.2. The molecule has 2 aromatic rings. The van der Waals surface area contributed by atoms with Gasteiger partial charge in [-0.25, -0.2) is 9.59 Å². The van der Waals surface area contributed by atoms with Crippen LogP contribution in [0.25, 0.3) is 0 Å². The SMILES string of the molecule is CCC[Si](CCC)(CC[Si](CCC)(CCC)OC(=O)c1ccccc1)OC(=O)c1ccccc1. The summed E-state index contributed by atoms with van der Waals surface area (Å²) in [6.07, 6.45) is 3.98. The van der Waals surface area contributed by atoms with Gasteiger partial charge < -0.3 is 8.85 Å². The van der Waals surface area contributed by atoms with Crippen molar-refractivity contribution in [1.29, 1.82) is 0 Å². The molecular weight excluding hydrogens is 456 g/mol. The Hall–Kier alpha value is -2.19. The van der Waals surface area contributed by atoms with Gasteiger partial charge in [-0.2, -0.15) is 0 Å². The highest BCUT2D eigenvalue weighted by atomic mass is 28.4. The lowest BCUT2D eigenvalue weighted by Crippen LogP contribution is -2.46. The van der Waals surface area contributed by atoms with E-state index in [1.165, 1.54) is 0 Å². The second-order valence-electron chi connectivity index (χ2n) is 9.38. The fraction of sp³-hybridized carbons (Fsp3) is 0.500. The zero-order valence-corrected chi connectivity index (χ0v) is 23.5. The fourth-order valence-electron chi connectivity index (χ4n) is 4.99. The molecule has 0 bridgehead atoms. The van der Waals surface area contributed by atoms with Crippen LogP contribution in [0.2, 0.25) is 36.3 Å². The lowest BCUT2D eigenvalue weighted by molar-refractivity contribution is 0.0699. The fourth-order valence-corrected chi connectivity index (χ4v) is 15.4. The van der Waals surface area contributed by atoms with Crippen molar-refractivity contribution >= 4 is 28.6 Å². The van der Waals surface area contributed by atoms with E-state index >= 15 is 0 Å². The van der Waals surface area contributed by atoms with Crippen molar-refractivity contribution in [2.75, 3.05) is 0 Å². The van der Waals surface area contributed by atoms with Crippen LogP contribution in [0.4, 0.5) is 0 Å². The maximum Gasteiger partial charge on any atom is 0.324 e. The summed E-state index contributed by atoms with van der Waals surface area (Å²) in [5.41, 5.74) is 1.24. The molecule has 6 heteroatoms. The first-order valence-corrected chi connectivity index (χ1v) is 18.1. The van der Waals surface area contributed by atoms with Gasteiger partial charge in [-0.05, 0) is 60.5 Å². The van der Waals surface area contributed by atoms with Crippen LogP contribution in [0.3, 0.4) is 0 Å². The molecule has 0 unspecified atom stereocenters. The van der Waals surface area contributed by atoms with E-state index in [-0.39, 0.29) is 11.9 Å². The van der Waals surface area contributed by atoms with Crippen LogP contribution in [0, 0.1) is 0 Å². The Labute approximate surface area is 208 Å². The molecule has 2 rings (SSSR count). The molecule has 0 fully saturated rings. The molecule has 0 radical (unpaired) electrons. The Morgan fingerprint density at radius 2 is 0.824 bits per heavy atom. The standard InChI is InChI=1S/C28H42O4Si2/c1-5-19-33(20-6-2,31-27(29)25-15-11-9-12-16-25)23-24-34(21-7-3,22-8-4)32-28(30)26-17-13-10-14-18-26/h9-18H,5-8,19-24H2,1-4H3. The first-order chi connectivity index (χ1) is 16.4. The quantitative estimate of drug-likeness (QED) is 0.232. The van der Waals surface area contributed by atoms with E-state index in [0.717, 1.165) is 61.9 Å². The Morgan fingerprint density at radius 1 is 0.529 bits per heavy atom. The van der Waals surface area contributed by atoms with Gasteiger partial charge in [-0.3, -0.25) is 0 Å². The van der Waals surface area contributed by atoms with Gasteiger partial charge in [0.05, 0.1) is 11.1 Å². The molecule has 0 aromatic heterocycles. The van der Waals surface area contributed by atoms with Crippen LogP contribution >= 0.6 is 0 Å². The van der Waals surface area contributed by atoms with E-state index in [4.69, 9.17) is 8.85 Å². The first kappa shape index (κ1) is 28.1. The molecule has 0 saturated heterocycles. The maximum absolute atomic E-state index is 13.1. The number of hydrogen-bond acceptors (Lipinski definition) is 4. The molecule has 0 amide bonds. The van der Waals surface area contributed by atoms with Crippen molar-refractivity contribution in [2.24, 2.45) is 0 Å². The van der Waals surface area contributed by atoms with Crippen LogP contribution in [0.15, 0.2) is 60.7 Å². The predicted octanol–water partition coefficient (Wildman–Crippen LogP) is 8.23. The van der Waals surface area contributed by atoms with Crippen LogP contribution in [-0.4, -0.2) is 28.6 Å². The lowest BCUT2D eigenvalue weighted by Gasteiger charge is -2.36. The molecule has 0 atom stereocenters. The summed E-state index contributed by atoms with van der Waals surface area (Å²) in [6.45, 7) is 8.69. The number of hydrogen-bond donors (Lipinski definition) is 0. The highest BCUT2D eigenvalue weighted by molar-refractivity contribution is 6.80. The van der Waals surface area contributed by atoms with Crippen LogP contribution in [-0.2, 0) is 8.85 Å². The summed E-state index contributed by atoms with van der Waals surface area (Å²) < 4.78 is 12.9. The normalized spacial score (nSPS) is 11.8. The third-order valence-electron chi connectivity index (χ3n) is 6.50. The molecule has 0 aliphatic carbocycles. The minimum atomic E-state index is -2.35. The molecule has 0 spiro atoms. The van der Waals surface area contributed by atoms with Crippen molar-refractivity contribution in [3.05, 3.63) is 71.8 Å². The molecular formula is C28H42O4Si2. The molecule has 34 heavy (non-hydrogen) atoms. The minimum Gasteiger partial charge on any atom is -0.516 e. The van der Waals surface area contributed by atoms with Crippen molar-refractivity contribution in [2.45, 2.75) is 89.6 Å². The zero-order chi connectivity index (χ0) is 24.9. The Morgan fingerprint density at radius 3 is 1.09 bits per heavy atom. The Bertz CT molecular complexity index is 785. The summed E-state index contributed by atoms with van der Waals surface area (Å²) >= 11 is 0. The van der Waals surface area contributed by atoms with Crippen LogP contribution < -0.4 is 0 Å². The van der Waals surface area contributed by atoms with Crippen molar-refractivity contribution < 1.29 is 18.4 Å². The smallest absolute Gasteiger partial charge is 0.324 e. The molecule has 0 N–H and O–H groups in total. The molecule has 0 heterocycles. The first-order valence-electron chi connectivity index (χ1n) is 13.0. The predicted molar refractivity (Wildman–Crippen MR) is 145 cm³/mol. The lowest BCUT2D eigenvalue weighted by atomic mass is 10.2. The summed E-state index contributed by atoms with van der Waals surface area (Å²) in [4.78, 5) is 26.2. The van der Waals surface area contributed by atoms with Gasteiger partial charge in [0, 0.05) is 0 Å². The van der Waals surface area contributed by atoms with Crippen LogP contribution in [0.1, 0.15) is 74.1 Å². The van der Waals surface area contributed by atoms with Gasteiger partial charge in [0.25, 0.3) is 16.6 Å². The number of carbonyl (C=O) groups is 2. The Balaban J connectivity index is 2.29. The van der Waals surface area contributed by atoms with E-state index in [1.807, 2.05) is 60.7 Å². The number of rotatable bonds is 15. The summed E-state index contributed by atoms with van der Waals surface area (Å²) in [5, 5.41) is 0. The third-order valence-corrected chi connectivity index (χ3v) is 16.2. The highest BCUT2D eigenvalue weighted by Crippen LogP contribution is 2.36. The maximum atomic E-state index is 13.1. The van der Waals surface area contributed by atoms with E-state index in [1.54, 1.807) is 0 Å². The van der Waals surface area contributed by atoms with Crippen LogP contribution in [0.5, 0.6) is 0 Å². The largest absolute Gasteiger partial charge is 0.516 e. The number of carbonyl (C=O) groups excluding carboxylic acids is 2. The van der Waals surface area contributed by atoms with E-state index < -0.39 is 16.6 Å². The van der Waals surface area contributed by atoms with Crippen molar-refractivity contribution in [3.8, 4) is 0 Å².